The van der Waals surface area contributed by atoms with Gasteiger partial charge in [-0.05, 0) is 0 Å². The molecule has 0 aromatic carbocycles. The van der Waals surface area contributed by atoms with E-state index in [0.29, 0.717) is 4.31 Å². The molecule has 2 nitrogen and oxygen atoms in total. The number of nitrogens with two attached hydrogens (primary N) is 1. The van der Waals surface area contributed by atoms with Gasteiger partial charge >= 0.3 is 192 Å². The molecule has 1 aromatic rings. The van der Waals surface area contributed by atoms with Crippen LogP contribution < -0.4 is 5.73 Å². The molecule has 3 heteroatoms. The molecule has 3 fully saturated rings. The normalized spacial score (nSPS) is 41.4. The summed E-state index contributed by atoms with van der Waals surface area (Å²) in [6.45, 7) is 2.42. The predicted molar refractivity (Wildman–Crippen MR) is 125 cm³/mol. The van der Waals surface area contributed by atoms with Gasteiger partial charge in [-0.2, -0.15) is 0 Å². The predicted octanol–water partition coefficient (Wildman–Crippen LogP) is 6.02. The van der Waals surface area contributed by atoms with Crippen molar-refractivity contribution in [1.29, 1.82) is 0 Å². The van der Waals surface area contributed by atoms with E-state index in [9.17, 15) is 0 Å². The number of pyridine rings is 1. The van der Waals surface area contributed by atoms with Crippen molar-refractivity contribution in [1.82, 2.24) is 4.98 Å². The van der Waals surface area contributed by atoms with E-state index in [1.165, 1.54) is 82.6 Å². The van der Waals surface area contributed by atoms with Crippen LogP contribution in [0, 0.1) is 29.6 Å². The molecule has 1 radical (unpaired) electrons. The van der Waals surface area contributed by atoms with Crippen LogP contribution in [-0.2, 0) is 6.42 Å². The molecule has 2 N–H and O–H groups in total. The van der Waals surface area contributed by atoms with Crippen molar-refractivity contribution in [3.05, 3.63) is 41.7 Å². The van der Waals surface area contributed by atoms with Gasteiger partial charge in [-0.25, -0.2) is 0 Å². The average Bonchev–Trinajstić information content (AvgIpc) is 3.12. The van der Waals surface area contributed by atoms with Gasteiger partial charge in [-0.3, -0.25) is 0 Å². The van der Waals surface area contributed by atoms with Crippen LogP contribution in [0.1, 0.15) is 83.1 Å². The molecular formula is C27H39N2Se. The van der Waals surface area contributed by atoms with Crippen LogP contribution in [0.4, 0.5) is 0 Å². The summed E-state index contributed by atoms with van der Waals surface area (Å²) in [7, 11) is 0. The maximum absolute atomic E-state index is 7.19. The van der Waals surface area contributed by atoms with Gasteiger partial charge in [0.2, 0.25) is 0 Å². The first kappa shape index (κ1) is 21.2. The SMILES string of the molecule is CCC(CCc1cccnc1)C1CCC2C3CC=C4CCCCC4(N)C3CCC12[Se]. The van der Waals surface area contributed by atoms with Gasteiger partial charge in [-0.15, -0.1) is 0 Å². The van der Waals surface area contributed by atoms with Crippen LogP contribution in [0.2, 0.25) is 4.31 Å². The van der Waals surface area contributed by atoms with Crippen LogP contribution in [-0.4, -0.2) is 26.5 Å². The average molecular weight is 471 g/mol. The summed E-state index contributed by atoms with van der Waals surface area (Å²) in [6, 6.07) is 4.32. The van der Waals surface area contributed by atoms with E-state index in [2.05, 4.69) is 52.3 Å². The van der Waals surface area contributed by atoms with Crippen molar-refractivity contribution >= 4 is 16.0 Å². The Morgan fingerprint density at radius 1 is 1.20 bits per heavy atom. The van der Waals surface area contributed by atoms with E-state index < -0.39 is 0 Å². The fraction of sp³-hybridized carbons (Fsp3) is 0.741. The third kappa shape index (κ3) is 3.44. The van der Waals surface area contributed by atoms with E-state index in [0.717, 1.165) is 29.6 Å². The van der Waals surface area contributed by atoms with E-state index >= 15 is 0 Å². The fourth-order valence-electron chi connectivity index (χ4n) is 8.26. The number of aryl methyl sites for hydroxylation is 1. The van der Waals surface area contributed by atoms with Gasteiger partial charge < -0.3 is 0 Å². The van der Waals surface area contributed by atoms with E-state index in [-0.39, 0.29) is 5.54 Å². The molecule has 163 valence electrons. The molecule has 3 saturated carbocycles. The minimum absolute atomic E-state index is 0.0328. The molecule has 0 aliphatic heterocycles. The van der Waals surface area contributed by atoms with Gasteiger partial charge in [0.05, 0.1) is 0 Å². The number of fused-ring (bicyclic) bond motifs is 5. The number of hydrogen-bond donors (Lipinski definition) is 1. The van der Waals surface area contributed by atoms with Gasteiger partial charge in [0.15, 0.2) is 0 Å². The summed E-state index contributed by atoms with van der Waals surface area (Å²) < 4.78 is 0.410. The van der Waals surface area contributed by atoms with Crippen molar-refractivity contribution in [2.24, 2.45) is 35.3 Å². The summed E-state index contributed by atoms with van der Waals surface area (Å²) in [6.07, 6.45) is 22.4. The monoisotopic (exact) mass is 471 g/mol. The van der Waals surface area contributed by atoms with Gasteiger partial charge in [0, 0.05) is 0 Å². The summed E-state index contributed by atoms with van der Waals surface area (Å²) in [5, 5.41) is 0. The molecular weight excluding hydrogens is 431 g/mol. The Kier molecular flexibility index (Phi) is 5.93. The van der Waals surface area contributed by atoms with Crippen LogP contribution >= 0.6 is 0 Å². The van der Waals surface area contributed by atoms with Crippen molar-refractivity contribution in [3.63, 3.8) is 0 Å². The minimum atomic E-state index is 0.0328. The van der Waals surface area contributed by atoms with Gasteiger partial charge in [-0.1, -0.05) is 0 Å². The quantitative estimate of drug-likeness (QED) is 0.422. The van der Waals surface area contributed by atoms with Crippen molar-refractivity contribution in [3.8, 4) is 0 Å². The summed E-state index contributed by atoms with van der Waals surface area (Å²) in [5.41, 5.74) is 10.2. The maximum atomic E-state index is 7.19. The van der Waals surface area contributed by atoms with Crippen molar-refractivity contribution in [2.45, 2.75) is 93.8 Å². The van der Waals surface area contributed by atoms with E-state index in [1.807, 2.05) is 6.20 Å². The number of rotatable bonds is 5. The zero-order chi connectivity index (χ0) is 20.8. The zero-order valence-corrected chi connectivity index (χ0v) is 20.4. The molecule has 0 spiro atoms. The topological polar surface area (TPSA) is 38.9 Å². The molecule has 1 heterocycles. The standard InChI is InChI=1S/C27H39N2Se/c1-2-20(9-8-19-6-5-17-29-18-19)23-12-13-25-22-11-10-21-7-3-4-15-26(21,28)24(22)14-16-27(23,25)30/h5-6,10,17-18,20,22-25H,2-4,7-9,11-16,28H2,1H3. The zero-order valence-electron chi connectivity index (χ0n) is 18.7. The van der Waals surface area contributed by atoms with Crippen LogP contribution in [0.25, 0.3) is 0 Å². The fourth-order valence-corrected chi connectivity index (χ4v) is 9.77. The Labute approximate surface area is 191 Å². The van der Waals surface area contributed by atoms with Crippen LogP contribution in [0.5, 0.6) is 0 Å². The first-order valence-corrected chi connectivity index (χ1v) is 13.5. The molecule has 30 heavy (non-hydrogen) atoms. The molecule has 7 unspecified atom stereocenters. The summed E-state index contributed by atoms with van der Waals surface area (Å²) >= 11 is 3.86. The first-order chi connectivity index (χ1) is 14.6. The second-order valence-electron chi connectivity index (χ2n) is 10.8. The first-order valence-electron chi connectivity index (χ1n) is 12.6. The van der Waals surface area contributed by atoms with Gasteiger partial charge in [0.25, 0.3) is 0 Å². The Morgan fingerprint density at radius 3 is 2.90 bits per heavy atom. The third-order valence-electron chi connectivity index (χ3n) is 9.73. The van der Waals surface area contributed by atoms with Crippen molar-refractivity contribution < 1.29 is 0 Å². The van der Waals surface area contributed by atoms with Gasteiger partial charge in [0.1, 0.15) is 0 Å². The number of hydrogen-bond acceptors (Lipinski definition) is 2. The van der Waals surface area contributed by atoms with E-state index in [4.69, 9.17) is 5.73 Å². The second kappa shape index (κ2) is 8.38. The second-order valence-corrected chi connectivity index (χ2v) is 12.4. The van der Waals surface area contributed by atoms with Crippen LogP contribution in [0.15, 0.2) is 36.2 Å². The number of aromatic nitrogens is 1. The summed E-state index contributed by atoms with van der Waals surface area (Å²) in [5.74, 6) is 4.06. The summed E-state index contributed by atoms with van der Waals surface area (Å²) in [4.78, 5) is 4.33. The van der Waals surface area contributed by atoms with Crippen molar-refractivity contribution in [2.75, 3.05) is 0 Å². The number of nitrogens with zero attached hydrogens (tertiary/aromatic N) is 1. The molecule has 4 aliphatic rings. The third-order valence-corrected chi connectivity index (χ3v) is 11.4. The Morgan fingerprint density at radius 2 is 2.10 bits per heavy atom. The molecule has 5 rings (SSSR count). The Hall–Kier alpha value is -0.631. The Balaban J connectivity index is 1.34. The molecule has 0 saturated heterocycles. The van der Waals surface area contributed by atoms with Crippen LogP contribution in [0.3, 0.4) is 0 Å². The molecule has 7 atom stereocenters. The molecule has 1 aromatic heterocycles. The molecule has 0 amide bonds. The van der Waals surface area contributed by atoms with E-state index in [1.54, 1.807) is 5.57 Å². The molecule has 0 bridgehead atoms. The Bertz CT molecular complexity index is 776. The molecule has 4 aliphatic carbocycles. The number of allylic oxidation sites excluding steroid dienone is 1.